The molecule has 2 heterocycles. The van der Waals surface area contributed by atoms with E-state index in [4.69, 9.17) is 0 Å². The summed E-state index contributed by atoms with van der Waals surface area (Å²) in [6, 6.07) is 0. The van der Waals surface area contributed by atoms with Crippen LogP contribution in [0.2, 0.25) is 0 Å². The van der Waals surface area contributed by atoms with Crippen LogP contribution in [0.5, 0.6) is 0 Å². The molecule has 0 saturated heterocycles. The van der Waals surface area contributed by atoms with Crippen LogP contribution in [0.1, 0.15) is 44.2 Å². The van der Waals surface area contributed by atoms with Crippen LogP contribution in [0.4, 0.5) is 0 Å². The van der Waals surface area contributed by atoms with Crippen LogP contribution in [0.25, 0.3) is 4.96 Å². The Hall–Kier alpha value is -1.40. The summed E-state index contributed by atoms with van der Waals surface area (Å²) in [5.41, 5.74) is 0.806. The van der Waals surface area contributed by atoms with E-state index in [1.165, 1.54) is 6.42 Å². The Morgan fingerprint density at radius 2 is 2.24 bits per heavy atom. The number of aromatic nitrogens is 2. The predicted octanol–water partition coefficient (Wildman–Crippen LogP) is 3.01. The van der Waals surface area contributed by atoms with Gasteiger partial charge in [0.15, 0.2) is 4.96 Å². The minimum Gasteiger partial charge on any atom is -0.481 e. The zero-order valence-corrected chi connectivity index (χ0v) is 13.1. The van der Waals surface area contributed by atoms with Crippen molar-refractivity contribution < 1.29 is 9.90 Å². The number of hydrogen-bond donors (Lipinski definition) is 1. The molecule has 2 aromatic rings. The Morgan fingerprint density at radius 3 is 2.90 bits per heavy atom. The maximum Gasteiger partial charge on any atom is 0.305 e. The van der Waals surface area contributed by atoms with Gasteiger partial charge in [-0.1, -0.05) is 19.3 Å². The standard InChI is InChI=1S/C15H21N3O2S/c1-17(10-12-11-18-7-8-21-14(18)16-12)15(9-13(19)20)5-3-2-4-6-15/h7-8,11H,2-6,9-10H2,1H3,(H,19,20). The van der Waals surface area contributed by atoms with Crippen molar-refractivity contribution >= 4 is 22.3 Å². The molecule has 0 radical (unpaired) electrons. The van der Waals surface area contributed by atoms with Gasteiger partial charge in [0.25, 0.3) is 0 Å². The molecule has 0 amide bonds. The predicted molar refractivity (Wildman–Crippen MR) is 82.6 cm³/mol. The molecule has 21 heavy (non-hydrogen) atoms. The van der Waals surface area contributed by atoms with Crippen LogP contribution >= 0.6 is 11.3 Å². The first kappa shape index (κ1) is 14.5. The van der Waals surface area contributed by atoms with E-state index in [2.05, 4.69) is 9.88 Å². The SMILES string of the molecule is CN(Cc1cn2ccsc2n1)C1(CC(=O)O)CCCCC1. The van der Waals surface area contributed by atoms with Crippen molar-refractivity contribution in [3.63, 3.8) is 0 Å². The molecular weight excluding hydrogens is 286 g/mol. The molecule has 1 saturated carbocycles. The molecular formula is C15H21N3O2S. The van der Waals surface area contributed by atoms with Crippen molar-refractivity contribution in [3.8, 4) is 0 Å². The number of hydrogen-bond acceptors (Lipinski definition) is 4. The van der Waals surface area contributed by atoms with Gasteiger partial charge in [-0.2, -0.15) is 0 Å². The van der Waals surface area contributed by atoms with Gasteiger partial charge in [-0.15, -0.1) is 11.3 Å². The van der Waals surface area contributed by atoms with E-state index in [0.29, 0.717) is 6.54 Å². The van der Waals surface area contributed by atoms with Gasteiger partial charge in [-0.05, 0) is 19.9 Å². The van der Waals surface area contributed by atoms with Gasteiger partial charge in [0.2, 0.25) is 0 Å². The lowest BCUT2D eigenvalue weighted by Gasteiger charge is -2.43. The number of carboxylic acids is 1. The second kappa shape index (κ2) is 5.77. The van der Waals surface area contributed by atoms with Crippen LogP contribution in [-0.2, 0) is 11.3 Å². The summed E-state index contributed by atoms with van der Waals surface area (Å²) in [7, 11) is 2.04. The maximum absolute atomic E-state index is 11.3. The molecule has 1 fully saturated rings. The summed E-state index contributed by atoms with van der Waals surface area (Å²) in [5, 5.41) is 11.3. The lowest BCUT2D eigenvalue weighted by atomic mass is 9.78. The van der Waals surface area contributed by atoms with Crippen LogP contribution < -0.4 is 0 Å². The highest BCUT2D eigenvalue weighted by molar-refractivity contribution is 7.15. The average molecular weight is 307 g/mol. The fraction of sp³-hybridized carbons (Fsp3) is 0.600. The minimum atomic E-state index is -0.699. The second-order valence-electron chi connectivity index (χ2n) is 6.04. The molecule has 5 nitrogen and oxygen atoms in total. The number of rotatable bonds is 5. The summed E-state index contributed by atoms with van der Waals surface area (Å²) in [4.78, 5) is 19.1. The molecule has 0 aliphatic heterocycles. The Bertz CT molecular complexity index is 599. The van der Waals surface area contributed by atoms with Gasteiger partial charge in [0, 0.05) is 29.9 Å². The number of aliphatic carboxylic acids is 1. The third kappa shape index (κ3) is 2.96. The third-order valence-electron chi connectivity index (χ3n) is 4.62. The van der Waals surface area contributed by atoms with Gasteiger partial charge >= 0.3 is 5.97 Å². The summed E-state index contributed by atoms with van der Waals surface area (Å²) >= 11 is 1.62. The van der Waals surface area contributed by atoms with E-state index in [1.54, 1.807) is 11.3 Å². The topological polar surface area (TPSA) is 57.8 Å². The van der Waals surface area contributed by atoms with Crippen molar-refractivity contribution in [1.82, 2.24) is 14.3 Å². The number of nitrogens with zero attached hydrogens (tertiary/aromatic N) is 3. The highest BCUT2D eigenvalue weighted by atomic mass is 32.1. The first-order valence-corrected chi connectivity index (χ1v) is 8.31. The molecule has 2 aromatic heterocycles. The van der Waals surface area contributed by atoms with E-state index in [-0.39, 0.29) is 12.0 Å². The van der Waals surface area contributed by atoms with Crippen molar-refractivity contribution in [2.45, 2.75) is 50.6 Å². The van der Waals surface area contributed by atoms with E-state index >= 15 is 0 Å². The Labute approximate surface area is 128 Å². The number of carboxylic acid groups (broad SMARTS) is 1. The molecule has 0 aromatic carbocycles. The fourth-order valence-electron chi connectivity index (χ4n) is 3.45. The molecule has 1 aliphatic rings. The zero-order chi connectivity index (χ0) is 14.9. The number of imidazole rings is 1. The van der Waals surface area contributed by atoms with E-state index in [1.807, 2.05) is 29.2 Å². The van der Waals surface area contributed by atoms with E-state index < -0.39 is 5.97 Å². The molecule has 1 N–H and O–H groups in total. The summed E-state index contributed by atoms with van der Waals surface area (Å²) in [6.45, 7) is 0.710. The number of carbonyl (C=O) groups is 1. The highest BCUT2D eigenvalue weighted by Gasteiger charge is 2.38. The minimum absolute atomic E-state index is 0.207. The second-order valence-corrected chi connectivity index (χ2v) is 6.91. The average Bonchev–Trinajstić information content (AvgIpc) is 2.99. The Kier molecular flexibility index (Phi) is 3.99. The van der Waals surface area contributed by atoms with E-state index in [0.717, 1.165) is 36.3 Å². The molecule has 0 unspecified atom stereocenters. The number of fused-ring (bicyclic) bond motifs is 1. The van der Waals surface area contributed by atoms with Crippen LogP contribution in [0, 0.1) is 0 Å². The molecule has 0 spiro atoms. The molecule has 3 rings (SSSR count). The van der Waals surface area contributed by atoms with Gasteiger partial charge in [0.1, 0.15) is 0 Å². The Balaban J connectivity index is 1.78. The summed E-state index contributed by atoms with van der Waals surface area (Å²) < 4.78 is 2.03. The van der Waals surface area contributed by atoms with Gasteiger partial charge in [-0.3, -0.25) is 14.1 Å². The van der Waals surface area contributed by atoms with Gasteiger partial charge in [-0.25, -0.2) is 4.98 Å². The number of thiazole rings is 1. The first-order chi connectivity index (χ1) is 10.1. The molecule has 0 atom stereocenters. The fourth-order valence-corrected chi connectivity index (χ4v) is 4.17. The highest BCUT2D eigenvalue weighted by Crippen LogP contribution is 2.36. The molecule has 114 valence electrons. The van der Waals surface area contributed by atoms with Crippen molar-refractivity contribution in [2.24, 2.45) is 0 Å². The smallest absolute Gasteiger partial charge is 0.305 e. The van der Waals surface area contributed by atoms with E-state index in [9.17, 15) is 9.90 Å². The molecule has 1 aliphatic carbocycles. The monoisotopic (exact) mass is 307 g/mol. The third-order valence-corrected chi connectivity index (χ3v) is 5.39. The first-order valence-electron chi connectivity index (χ1n) is 7.43. The largest absolute Gasteiger partial charge is 0.481 e. The normalized spacial score (nSPS) is 18.4. The maximum atomic E-state index is 11.3. The lowest BCUT2D eigenvalue weighted by Crippen LogP contribution is -2.49. The Morgan fingerprint density at radius 1 is 1.48 bits per heavy atom. The van der Waals surface area contributed by atoms with Crippen molar-refractivity contribution in [1.29, 1.82) is 0 Å². The van der Waals surface area contributed by atoms with Crippen LogP contribution in [0.3, 0.4) is 0 Å². The summed E-state index contributed by atoms with van der Waals surface area (Å²) in [5.74, 6) is -0.699. The quantitative estimate of drug-likeness (QED) is 0.922. The molecule has 6 heteroatoms. The molecule has 0 bridgehead atoms. The van der Waals surface area contributed by atoms with Crippen LogP contribution in [0.15, 0.2) is 17.8 Å². The van der Waals surface area contributed by atoms with Crippen molar-refractivity contribution in [3.05, 3.63) is 23.5 Å². The lowest BCUT2D eigenvalue weighted by molar-refractivity contribution is -0.141. The van der Waals surface area contributed by atoms with Crippen LogP contribution in [-0.4, -0.2) is 37.9 Å². The van der Waals surface area contributed by atoms with Crippen molar-refractivity contribution in [2.75, 3.05) is 7.05 Å². The van der Waals surface area contributed by atoms with Gasteiger partial charge in [0.05, 0.1) is 12.1 Å². The van der Waals surface area contributed by atoms with Gasteiger partial charge < -0.3 is 5.11 Å². The summed E-state index contributed by atoms with van der Waals surface area (Å²) in [6.07, 6.45) is 9.67. The zero-order valence-electron chi connectivity index (χ0n) is 12.3.